The minimum absolute atomic E-state index is 0.203. The van der Waals surface area contributed by atoms with Gasteiger partial charge >= 0.3 is 6.18 Å². The number of pyridine rings is 1. The van der Waals surface area contributed by atoms with Crippen LogP contribution >= 0.6 is 0 Å². The Balaban J connectivity index is 1.85. The minimum Gasteiger partial charge on any atom is -0.369 e. The van der Waals surface area contributed by atoms with E-state index in [9.17, 15) is 18.0 Å². The maximum Gasteiger partial charge on any atom is 0.421 e. The number of allylic oxidation sites excluding steroid dienone is 2. The van der Waals surface area contributed by atoms with Gasteiger partial charge in [0.2, 0.25) is 0 Å². The number of nitrogens with one attached hydrogen (secondary N) is 2. The molecular formula is C17H21F3N4O. The Hall–Kier alpha value is -2.22. The lowest BCUT2D eigenvalue weighted by Crippen LogP contribution is -2.42. The van der Waals surface area contributed by atoms with Crippen LogP contribution in [0.4, 0.5) is 13.2 Å². The molecule has 0 radical (unpaired) electrons. The molecule has 8 heteroatoms. The van der Waals surface area contributed by atoms with Crippen LogP contribution < -0.4 is 21.9 Å². The van der Waals surface area contributed by atoms with Gasteiger partial charge in [0.25, 0.3) is 5.56 Å². The molecule has 3 rings (SSSR count). The highest BCUT2D eigenvalue weighted by atomic mass is 19.4. The average molecular weight is 354 g/mol. The van der Waals surface area contributed by atoms with E-state index in [4.69, 9.17) is 5.73 Å². The number of aromatic nitrogens is 1. The van der Waals surface area contributed by atoms with E-state index in [2.05, 4.69) is 10.6 Å². The van der Waals surface area contributed by atoms with Crippen LogP contribution in [0.15, 0.2) is 41.1 Å². The largest absolute Gasteiger partial charge is 0.421 e. The summed E-state index contributed by atoms with van der Waals surface area (Å²) in [6.07, 6.45) is 2.93. The molecule has 1 aliphatic carbocycles. The fourth-order valence-corrected chi connectivity index (χ4v) is 3.33. The summed E-state index contributed by atoms with van der Waals surface area (Å²) in [4.78, 5) is 12.2. The van der Waals surface area contributed by atoms with Crippen molar-refractivity contribution < 1.29 is 13.2 Å². The molecule has 25 heavy (non-hydrogen) atoms. The average Bonchev–Trinajstić information content (AvgIpc) is 2.92. The molecule has 4 N–H and O–H groups in total. The minimum atomic E-state index is -4.67. The molecule has 1 fully saturated rings. The van der Waals surface area contributed by atoms with Crippen LogP contribution in [0.3, 0.4) is 0 Å². The van der Waals surface area contributed by atoms with Gasteiger partial charge in [-0.3, -0.25) is 9.36 Å². The molecule has 1 aromatic heterocycles. The van der Waals surface area contributed by atoms with Crippen molar-refractivity contribution in [3.05, 3.63) is 52.2 Å². The number of alkyl halides is 3. The molecular weight excluding hydrogens is 333 g/mol. The molecule has 1 aromatic rings. The van der Waals surface area contributed by atoms with Crippen LogP contribution in [0, 0.1) is 0 Å². The van der Waals surface area contributed by atoms with E-state index in [-0.39, 0.29) is 18.1 Å². The number of nitrogens with zero attached hydrogens (tertiary/aromatic N) is 1. The summed E-state index contributed by atoms with van der Waals surface area (Å²) >= 11 is 0. The predicted molar refractivity (Wildman–Crippen MR) is 89.4 cm³/mol. The lowest BCUT2D eigenvalue weighted by molar-refractivity contribution is -0.138. The van der Waals surface area contributed by atoms with Crippen molar-refractivity contribution in [1.29, 1.82) is 0 Å². The smallest absolute Gasteiger partial charge is 0.369 e. The van der Waals surface area contributed by atoms with E-state index < -0.39 is 17.3 Å². The maximum atomic E-state index is 12.9. The van der Waals surface area contributed by atoms with Crippen molar-refractivity contribution in [2.24, 2.45) is 5.73 Å². The van der Waals surface area contributed by atoms with Crippen molar-refractivity contribution in [3.63, 3.8) is 0 Å². The number of hydrogen-bond donors (Lipinski definition) is 3. The normalized spacial score (nSPS) is 26.7. The van der Waals surface area contributed by atoms with Gasteiger partial charge in [-0.2, -0.15) is 13.2 Å². The lowest BCUT2D eigenvalue weighted by Gasteiger charge is -2.28. The molecule has 2 heterocycles. The van der Waals surface area contributed by atoms with Gasteiger partial charge in [0.05, 0.1) is 11.9 Å². The second kappa shape index (κ2) is 6.59. The Labute approximate surface area is 143 Å². The van der Waals surface area contributed by atoms with Gasteiger partial charge < -0.3 is 16.4 Å². The first-order valence-electron chi connectivity index (χ1n) is 8.25. The third-order valence-electron chi connectivity index (χ3n) is 4.60. The second-order valence-corrected chi connectivity index (χ2v) is 6.55. The first kappa shape index (κ1) is 17.6. The van der Waals surface area contributed by atoms with Gasteiger partial charge in [-0.1, -0.05) is 0 Å². The highest BCUT2D eigenvalue weighted by molar-refractivity contribution is 5.56. The molecule has 1 unspecified atom stereocenters. The number of nitrogens with two attached hydrogens (primary N) is 1. The fraction of sp³-hybridized carbons (Fsp3) is 0.471. The van der Waals surface area contributed by atoms with Gasteiger partial charge in [0.15, 0.2) is 0 Å². The summed E-state index contributed by atoms with van der Waals surface area (Å²) in [7, 11) is 0. The summed E-state index contributed by atoms with van der Waals surface area (Å²) in [6.45, 7) is 1.80. The summed E-state index contributed by atoms with van der Waals surface area (Å²) in [5.41, 5.74) is 4.12. The van der Waals surface area contributed by atoms with Crippen LogP contribution in [0.25, 0.3) is 5.70 Å². The Bertz CT molecular complexity index is 766. The van der Waals surface area contributed by atoms with Gasteiger partial charge in [0, 0.05) is 24.0 Å². The third kappa shape index (κ3) is 3.73. The van der Waals surface area contributed by atoms with E-state index in [1.165, 1.54) is 12.3 Å². The first-order chi connectivity index (χ1) is 11.8. The van der Waals surface area contributed by atoms with Crippen molar-refractivity contribution in [2.75, 3.05) is 0 Å². The maximum absolute atomic E-state index is 12.9. The summed E-state index contributed by atoms with van der Waals surface area (Å²) < 4.78 is 39.8. The number of hydrogen-bond acceptors (Lipinski definition) is 4. The Morgan fingerprint density at radius 1 is 1.32 bits per heavy atom. The molecule has 136 valence electrons. The zero-order valence-corrected chi connectivity index (χ0v) is 13.8. The van der Waals surface area contributed by atoms with E-state index in [0.717, 1.165) is 35.7 Å². The van der Waals surface area contributed by atoms with Crippen molar-refractivity contribution >= 4 is 5.70 Å². The number of dihydropyridines is 1. The molecule has 0 amide bonds. The van der Waals surface area contributed by atoms with Crippen LogP contribution in [0.5, 0.6) is 0 Å². The Morgan fingerprint density at radius 2 is 2.08 bits per heavy atom. The molecule has 0 aromatic carbocycles. The van der Waals surface area contributed by atoms with Crippen LogP contribution in [-0.2, 0) is 6.18 Å². The summed E-state index contributed by atoms with van der Waals surface area (Å²) in [6, 6.07) is 2.20. The molecule has 2 aliphatic rings. The molecule has 3 atom stereocenters. The van der Waals surface area contributed by atoms with Gasteiger partial charge in [-0.05, 0) is 50.5 Å². The predicted octanol–water partition coefficient (Wildman–Crippen LogP) is 2.01. The number of rotatable bonds is 3. The Morgan fingerprint density at radius 3 is 2.68 bits per heavy atom. The molecule has 1 aliphatic heterocycles. The summed E-state index contributed by atoms with van der Waals surface area (Å²) in [5, 5.41) is 6.55. The molecule has 0 saturated heterocycles. The quantitative estimate of drug-likeness (QED) is 0.777. The fourth-order valence-electron chi connectivity index (χ4n) is 3.33. The van der Waals surface area contributed by atoms with E-state index in [0.29, 0.717) is 5.70 Å². The Kier molecular flexibility index (Phi) is 4.64. The molecule has 0 spiro atoms. The van der Waals surface area contributed by atoms with Crippen LogP contribution in [0.1, 0.15) is 31.7 Å². The highest BCUT2D eigenvalue weighted by Gasteiger charge is 2.35. The molecule has 0 bridgehead atoms. The monoisotopic (exact) mass is 354 g/mol. The van der Waals surface area contributed by atoms with Gasteiger partial charge in [-0.25, -0.2) is 0 Å². The SMILES string of the molecule is CC1NC(N[C@H]2CC[C@H](N)C2)=CC=C1n1cccc(C(F)(F)F)c1=O. The van der Waals surface area contributed by atoms with Crippen molar-refractivity contribution in [2.45, 2.75) is 50.5 Å². The van der Waals surface area contributed by atoms with E-state index >= 15 is 0 Å². The lowest BCUT2D eigenvalue weighted by atomic mass is 10.1. The third-order valence-corrected chi connectivity index (χ3v) is 4.60. The topological polar surface area (TPSA) is 72.1 Å². The van der Waals surface area contributed by atoms with Crippen LogP contribution in [-0.4, -0.2) is 22.7 Å². The van der Waals surface area contributed by atoms with Gasteiger partial charge in [0.1, 0.15) is 5.56 Å². The second-order valence-electron chi connectivity index (χ2n) is 6.55. The van der Waals surface area contributed by atoms with Gasteiger partial charge in [-0.15, -0.1) is 0 Å². The zero-order valence-electron chi connectivity index (χ0n) is 13.8. The first-order valence-corrected chi connectivity index (χ1v) is 8.25. The van der Waals surface area contributed by atoms with Crippen molar-refractivity contribution in [3.8, 4) is 0 Å². The number of halogens is 3. The van der Waals surface area contributed by atoms with Crippen LogP contribution in [0.2, 0.25) is 0 Å². The van der Waals surface area contributed by atoms with E-state index in [1.807, 2.05) is 0 Å². The summed E-state index contributed by atoms with van der Waals surface area (Å²) in [5.74, 6) is 0.787. The standard InChI is InChI=1S/C17H21F3N4O/c1-10-14(24-8-2-3-13(16(24)25)17(18,19)20)6-7-15(22-10)23-12-5-4-11(21)9-12/h2-3,6-8,10-12,22-23H,4-5,9,21H2,1H3/t10?,11-,12-/m0/s1. The van der Waals surface area contributed by atoms with Crippen molar-refractivity contribution in [1.82, 2.24) is 15.2 Å². The highest BCUT2D eigenvalue weighted by Crippen LogP contribution is 2.27. The van der Waals surface area contributed by atoms with E-state index in [1.54, 1.807) is 19.1 Å². The zero-order chi connectivity index (χ0) is 18.2. The molecule has 5 nitrogen and oxygen atoms in total. The molecule has 1 saturated carbocycles.